The van der Waals surface area contributed by atoms with Gasteiger partial charge in [-0.3, -0.25) is 15.3 Å². The minimum Gasteiger partial charge on any atom is -0.381 e. The van der Waals surface area contributed by atoms with Gasteiger partial charge in [0, 0.05) is 37.0 Å². The fraction of sp³-hybridized carbons (Fsp3) is 0.375. The lowest BCUT2D eigenvalue weighted by Crippen LogP contribution is -2.21. The largest absolute Gasteiger partial charge is 0.381 e. The van der Waals surface area contributed by atoms with Crippen LogP contribution in [0.4, 0.5) is 15.7 Å². The minimum atomic E-state index is -0.382. The van der Waals surface area contributed by atoms with Crippen LogP contribution in [0.25, 0.3) is 10.7 Å². The average Bonchev–Trinajstić information content (AvgIpc) is 3.37. The molecule has 0 radical (unpaired) electrons. The van der Waals surface area contributed by atoms with Crippen LogP contribution in [-0.4, -0.2) is 38.4 Å². The molecule has 3 aromatic rings. The monoisotopic (exact) mass is 390 g/mol. The summed E-state index contributed by atoms with van der Waals surface area (Å²) < 4.78 is 11.6. The van der Waals surface area contributed by atoms with Crippen molar-refractivity contribution in [3.63, 3.8) is 0 Å². The van der Waals surface area contributed by atoms with Crippen LogP contribution >= 0.6 is 22.9 Å². The van der Waals surface area contributed by atoms with Crippen molar-refractivity contribution in [3.05, 3.63) is 29.3 Å². The zero-order chi connectivity index (χ0) is 17.9. The number of aryl methyl sites for hydroxylation is 1. The van der Waals surface area contributed by atoms with Gasteiger partial charge in [-0.25, -0.2) is 4.79 Å². The fourth-order valence-electron chi connectivity index (χ4n) is 2.77. The predicted octanol–water partition coefficient (Wildman–Crippen LogP) is 3.77. The summed E-state index contributed by atoms with van der Waals surface area (Å²) in [6.45, 7) is 3.51. The smallest absolute Gasteiger partial charge is 0.326 e. The number of carbonyl (C=O) groups is 1. The van der Waals surface area contributed by atoms with Gasteiger partial charge < -0.3 is 4.74 Å². The predicted molar refractivity (Wildman–Crippen MR) is 102 cm³/mol. The van der Waals surface area contributed by atoms with E-state index in [0.29, 0.717) is 22.8 Å². The first kappa shape index (κ1) is 17.1. The van der Waals surface area contributed by atoms with Crippen molar-refractivity contribution in [1.82, 2.24) is 19.1 Å². The van der Waals surface area contributed by atoms with Gasteiger partial charge in [0.15, 0.2) is 11.6 Å². The topological polar surface area (TPSA) is 94.0 Å². The van der Waals surface area contributed by atoms with E-state index in [1.165, 1.54) is 0 Å². The highest BCUT2D eigenvalue weighted by atomic mass is 32.1. The maximum absolute atomic E-state index is 12.2. The number of thiophene rings is 1. The number of hydrogen-bond acceptors (Lipinski definition) is 7. The lowest BCUT2D eigenvalue weighted by atomic mass is 10.1. The summed E-state index contributed by atoms with van der Waals surface area (Å²) >= 11 is 2.74. The number of aromatic nitrogens is 4. The number of amides is 2. The van der Waals surface area contributed by atoms with Crippen LogP contribution in [0.15, 0.2) is 23.7 Å². The Morgan fingerprint density at radius 2 is 2.15 bits per heavy atom. The average molecular weight is 390 g/mol. The molecule has 4 heterocycles. The summed E-state index contributed by atoms with van der Waals surface area (Å²) in [5.41, 5.74) is 1.13. The summed E-state index contributed by atoms with van der Waals surface area (Å²) in [4.78, 5) is 17.6. The molecule has 0 unspecified atom stereocenters. The van der Waals surface area contributed by atoms with Crippen LogP contribution in [0.2, 0.25) is 0 Å². The molecule has 1 saturated heterocycles. The van der Waals surface area contributed by atoms with E-state index >= 15 is 0 Å². The van der Waals surface area contributed by atoms with E-state index in [1.54, 1.807) is 17.4 Å². The van der Waals surface area contributed by atoms with Crippen LogP contribution < -0.4 is 10.6 Å². The van der Waals surface area contributed by atoms with Gasteiger partial charge >= 0.3 is 6.03 Å². The first-order chi connectivity index (χ1) is 12.7. The van der Waals surface area contributed by atoms with Crippen molar-refractivity contribution >= 4 is 39.8 Å². The Bertz CT molecular complexity index is 896. The fourth-order valence-corrected chi connectivity index (χ4v) is 4.26. The molecule has 1 aliphatic rings. The lowest BCUT2D eigenvalue weighted by molar-refractivity contribution is 0.0663. The maximum Gasteiger partial charge on any atom is 0.326 e. The van der Waals surface area contributed by atoms with Gasteiger partial charge in [0.05, 0.1) is 10.9 Å². The van der Waals surface area contributed by atoms with E-state index < -0.39 is 0 Å². The van der Waals surface area contributed by atoms with Crippen molar-refractivity contribution in [2.75, 3.05) is 23.8 Å². The number of nitrogens with zero attached hydrogens (tertiary/aromatic N) is 4. The molecule has 0 atom stereocenters. The lowest BCUT2D eigenvalue weighted by Gasteiger charge is -2.22. The third-order valence-corrected chi connectivity index (χ3v) is 5.77. The number of rotatable bonds is 4. The van der Waals surface area contributed by atoms with Crippen molar-refractivity contribution < 1.29 is 9.53 Å². The van der Waals surface area contributed by atoms with E-state index in [-0.39, 0.29) is 6.03 Å². The van der Waals surface area contributed by atoms with Crippen LogP contribution in [-0.2, 0) is 4.74 Å². The van der Waals surface area contributed by atoms with Gasteiger partial charge in [0.25, 0.3) is 0 Å². The standard InChI is InChI=1S/C16H18N6O2S2/c1-10-5-9-25-13(10)14-18-16(26-21-14)19-15(23)17-12-2-6-22(20-12)11-3-7-24-8-4-11/h2,5-6,9,11H,3-4,7-8H2,1H3,(H2,17,18,19,20,21,23). The highest BCUT2D eigenvalue weighted by Gasteiger charge is 2.17. The minimum absolute atomic E-state index is 0.321. The number of ether oxygens (including phenoxy) is 1. The van der Waals surface area contributed by atoms with E-state index in [1.807, 2.05) is 29.2 Å². The highest BCUT2D eigenvalue weighted by Crippen LogP contribution is 2.29. The molecule has 2 N–H and O–H groups in total. The molecule has 3 aromatic heterocycles. The first-order valence-electron chi connectivity index (χ1n) is 8.28. The molecule has 2 amide bonds. The van der Waals surface area contributed by atoms with Crippen molar-refractivity contribution in [2.45, 2.75) is 25.8 Å². The van der Waals surface area contributed by atoms with Gasteiger partial charge in [-0.15, -0.1) is 11.3 Å². The van der Waals surface area contributed by atoms with Crippen LogP contribution in [0.1, 0.15) is 24.4 Å². The van der Waals surface area contributed by atoms with Crippen LogP contribution in [0, 0.1) is 6.92 Å². The molecule has 8 nitrogen and oxygen atoms in total. The Labute approximate surface area is 158 Å². The zero-order valence-corrected chi connectivity index (χ0v) is 15.8. The first-order valence-corrected chi connectivity index (χ1v) is 9.93. The van der Waals surface area contributed by atoms with E-state index in [9.17, 15) is 4.79 Å². The van der Waals surface area contributed by atoms with Crippen molar-refractivity contribution in [3.8, 4) is 10.7 Å². The molecule has 136 valence electrons. The Kier molecular flexibility index (Phi) is 4.96. The maximum atomic E-state index is 12.2. The van der Waals surface area contributed by atoms with Crippen molar-refractivity contribution in [2.24, 2.45) is 0 Å². The second-order valence-corrected chi connectivity index (χ2v) is 7.63. The highest BCUT2D eigenvalue weighted by molar-refractivity contribution is 7.14. The van der Waals surface area contributed by atoms with E-state index in [2.05, 4.69) is 25.1 Å². The number of carbonyl (C=O) groups excluding carboxylic acids is 1. The molecule has 0 aromatic carbocycles. The van der Waals surface area contributed by atoms with Gasteiger partial charge in [0.2, 0.25) is 5.13 Å². The quantitative estimate of drug-likeness (QED) is 0.707. The third-order valence-electron chi connectivity index (χ3n) is 4.13. The van der Waals surface area contributed by atoms with Crippen molar-refractivity contribution in [1.29, 1.82) is 0 Å². The molecule has 10 heteroatoms. The molecular weight excluding hydrogens is 372 g/mol. The molecule has 0 bridgehead atoms. The second kappa shape index (κ2) is 7.52. The zero-order valence-electron chi connectivity index (χ0n) is 14.1. The van der Waals surface area contributed by atoms with Gasteiger partial charge in [-0.05, 0) is 36.8 Å². The molecule has 26 heavy (non-hydrogen) atoms. The summed E-state index contributed by atoms with van der Waals surface area (Å²) in [6.07, 6.45) is 3.75. The van der Waals surface area contributed by atoms with Crippen LogP contribution in [0.3, 0.4) is 0 Å². The number of anilines is 2. The molecule has 0 spiro atoms. The van der Waals surface area contributed by atoms with Crippen LogP contribution in [0.5, 0.6) is 0 Å². The summed E-state index contributed by atoms with van der Waals surface area (Å²) in [5, 5.41) is 12.3. The third kappa shape index (κ3) is 3.76. The molecule has 0 saturated carbocycles. The summed E-state index contributed by atoms with van der Waals surface area (Å²) in [7, 11) is 0. The Balaban J connectivity index is 1.36. The van der Waals surface area contributed by atoms with E-state index in [0.717, 1.165) is 48.0 Å². The number of nitrogens with one attached hydrogen (secondary N) is 2. The van der Waals surface area contributed by atoms with Gasteiger partial charge in [-0.2, -0.15) is 14.5 Å². The van der Waals surface area contributed by atoms with Gasteiger partial charge in [0.1, 0.15) is 0 Å². The molecule has 0 aliphatic carbocycles. The molecule has 1 aliphatic heterocycles. The Morgan fingerprint density at radius 1 is 1.31 bits per heavy atom. The Hall–Kier alpha value is -2.30. The molecule has 4 rings (SSSR count). The SMILES string of the molecule is Cc1ccsc1-c1nsc(NC(=O)Nc2ccn(C3CCOCC3)n2)n1. The van der Waals surface area contributed by atoms with E-state index in [4.69, 9.17) is 4.74 Å². The molecule has 1 fully saturated rings. The Morgan fingerprint density at radius 3 is 2.92 bits per heavy atom. The number of hydrogen-bond donors (Lipinski definition) is 2. The second-order valence-electron chi connectivity index (χ2n) is 5.96. The normalized spacial score (nSPS) is 15.1. The van der Waals surface area contributed by atoms with Gasteiger partial charge in [-0.1, -0.05) is 0 Å². The summed E-state index contributed by atoms with van der Waals surface area (Å²) in [6, 6.07) is 3.75. The summed E-state index contributed by atoms with van der Waals surface area (Å²) in [5.74, 6) is 1.15. The molecular formula is C16H18N6O2S2. The number of urea groups is 1.